The number of anilines is 1. The molecule has 2 aromatic rings. The molecule has 2 rings (SSSR count). The van der Waals surface area contributed by atoms with Crippen LogP contribution in [-0.4, -0.2) is 30.9 Å². The molecule has 0 saturated carbocycles. The van der Waals surface area contributed by atoms with Gasteiger partial charge in [0.2, 0.25) is 0 Å². The lowest BCUT2D eigenvalue weighted by molar-refractivity contribution is -0.149. The molecule has 0 radical (unpaired) electrons. The van der Waals surface area contributed by atoms with E-state index in [1.807, 2.05) is 32.0 Å². The molecule has 0 heterocycles. The first kappa shape index (κ1) is 19.2. The number of ketones is 1. The van der Waals surface area contributed by atoms with Gasteiger partial charge in [0, 0.05) is 11.3 Å². The quantitative estimate of drug-likeness (QED) is 0.610. The number of benzene rings is 2. The molecule has 0 aliphatic rings. The van der Waals surface area contributed by atoms with E-state index in [0.29, 0.717) is 17.0 Å². The van der Waals surface area contributed by atoms with Crippen molar-refractivity contribution in [2.75, 3.05) is 18.5 Å². The average molecular weight is 355 g/mol. The number of nitrogens with one attached hydrogen (secondary N) is 1. The highest BCUT2D eigenvalue weighted by molar-refractivity contribution is 5.94. The number of Topliss-reactive ketones (excluding diaryl/α,β-unsaturated/α-hetero) is 1. The summed E-state index contributed by atoms with van der Waals surface area (Å²) >= 11 is 0. The first-order chi connectivity index (χ1) is 12.3. The fourth-order valence-corrected chi connectivity index (χ4v) is 2.36. The first-order valence-electron chi connectivity index (χ1n) is 8.11. The van der Waals surface area contributed by atoms with Crippen molar-refractivity contribution in [3.63, 3.8) is 0 Å². The van der Waals surface area contributed by atoms with Gasteiger partial charge in [0.15, 0.2) is 19.0 Å². The van der Waals surface area contributed by atoms with Gasteiger partial charge in [-0.05, 0) is 68.3 Å². The molecule has 0 aliphatic heterocycles. The number of amides is 1. The SMILES string of the molecule is CC(=O)c1ccc(OCC(=O)OCC(=O)Nc2cc(C)cc(C)c2)cc1. The highest BCUT2D eigenvalue weighted by Gasteiger charge is 2.09. The Morgan fingerprint density at radius 2 is 1.54 bits per heavy atom. The van der Waals surface area contributed by atoms with Crippen LogP contribution in [0.15, 0.2) is 42.5 Å². The van der Waals surface area contributed by atoms with E-state index in [4.69, 9.17) is 9.47 Å². The fraction of sp³-hybridized carbons (Fsp3) is 0.250. The molecule has 0 aliphatic carbocycles. The Hall–Kier alpha value is -3.15. The Labute approximate surface area is 152 Å². The van der Waals surface area contributed by atoms with Crippen molar-refractivity contribution in [1.82, 2.24) is 0 Å². The number of hydrogen-bond acceptors (Lipinski definition) is 5. The van der Waals surface area contributed by atoms with Crippen LogP contribution in [0.5, 0.6) is 5.75 Å². The van der Waals surface area contributed by atoms with Crippen LogP contribution in [0.3, 0.4) is 0 Å². The minimum atomic E-state index is -0.656. The van der Waals surface area contributed by atoms with E-state index in [2.05, 4.69) is 5.32 Å². The van der Waals surface area contributed by atoms with Crippen LogP contribution in [0.1, 0.15) is 28.4 Å². The lowest BCUT2D eigenvalue weighted by Crippen LogP contribution is -2.23. The van der Waals surface area contributed by atoms with E-state index >= 15 is 0 Å². The standard InChI is InChI=1S/C20H21NO5/c1-13-8-14(2)10-17(9-13)21-19(23)11-26-20(24)12-25-18-6-4-16(5-7-18)15(3)22/h4-10H,11-12H2,1-3H3,(H,21,23). The summed E-state index contributed by atoms with van der Waals surface area (Å²) < 4.78 is 10.2. The van der Waals surface area contributed by atoms with Crippen molar-refractivity contribution in [3.8, 4) is 5.75 Å². The maximum atomic E-state index is 11.9. The Bertz CT molecular complexity index is 791. The van der Waals surface area contributed by atoms with E-state index in [0.717, 1.165) is 11.1 Å². The van der Waals surface area contributed by atoms with Gasteiger partial charge in [-0.3, -0.25) is 9.59 Å². The van der Waals surface area contributed by atoms with Crippen molar-refractivity contribution in [1.29, 1.82) is 0 Å². The summed E-state index contributed by atoms with van der Waals surface area (Å²) in [5, 5.41) is 2.68. The zero-order valence-electron chi connectivity index (χ0n) is 15.0. The monoisotopic (exact) mass is 355 g/mol. The van der Waals surface area contributed by atoms with E-state index in [1.54, 1.807) is 24.3 Å². The van der Waals surface area contributed by atoms with Gasteiger partial charge in [-0.1, -0.05) is 6.07 Å². The predicted molar refractivity (Wildman–Crippen MR) is 97.4 cm³/mol. The van der Waals surface area contributed by atoms with E-state index in [9.17, 15) is 14.4 Å². The molecule has 136 valence electrons. The number of rotatable bonds is 7. The number of aryl methyl sites for hydroxylation is 2. The Kier molecular flexibility index (Phi) is 6.49. The highest BCUT2D eigenvalue weighted by atomic mass is 16.6. The van der Waals surface area contributed by atoms with Crippen LogP contribution in [-0.2, 0) is 14.3 Å². The van der Waals surface area contributed by atoms with Gasteiger partial charge < -0.3 is 14.8 Å². The van der Waals surface area contributed by atoms with Gasteiger partial charge in [0.05, 0.1) is 0 Å². The summed E-state index contributed by atoms with van der Waals surface area (Å²) in [4.78, 5) is 34.7. The molecule has 0 atom stereocenters. The molecule has 0 aromatic heterocycles. The van der Waals surface area contributed by atoms with E-state index in [1.165, 1.54) is 6.92 Å². The van der Waals surface area contributed by atoms with Gasteiger partial charge in [0.25, 0.3) is 5.91 Å². The summed E-state index contributed by atoms with van der Waals surface area (Å²) in [5.41, 5.74) is 3.27. The second-order valence-corrected chi connectivity index (χ2v) is 5.95. The van der Waals surface area contributed by atoms with Gasteiger partial charge in [-0.2, -0.15) is 0 Å². The van der Waals surface area contributed by atoms with Crippen LogP contribution >= 0.6 is 0 Å². The predicted octanol–water partition coefficient (Wildman–Crippen LogP) is 3.07. The Morgan fingerprint density at radius 3 is 2.12 bits per heavy atom. The lowest BCUT2D eigenvalue weighted by atomic mass is 10.1. The molecular weight excluding hydrogens is 334 g/mol. The number of carbonyl (C=O) groups is 3. The smallest absolute Gasteiger partial charge is 0.344 e. The van der Waals surface area contributed by atoms with Crippen molar-refractivity contribution in [2.24, 2.45) is 0 Å². The minimum absolute atomic E-state index is 0.0502. The first-order valence-corrected chi connectivity index (χ1v) is 8.11. The van der Waals surface area contributed by atoms with Crippen LogP contribution < -0.4 is 10.1 Å². The van der Waals surface area contributed by atoms with E-state index < -0.39 is 18.5 Å². The molecular formula is C20H21NO5. The fourth-order valence-electron chi connectivity index (χ4n) is 2.36. The average Bonchev–Trinajstić information content (AvgIpc) is 2.57. The molecule has 1 amide bonds. The number of hydrogen-bond donors (Lipinski definition) is 1. The number of carbonyl (C=O) groups excluding carboxylic acids is 3. The van der Waals surface area contributed by atoms with Gasteiger partial charge in [0.1, 0.15) is 5.75 Å². The molecule has 2 aromatic carbocycles. The Balaban J connectivity index is 1.75. The summed E-state index contributed by atoms with van der Waals surface area (Å²) in [6.45, 7) is 4.62. The topological polar surface area (TPSA) is 81.7 Å². The van der Waals surface area contributed by atoms with Gasteiger partial charge in [-0.15, -0.1) is 0 Å². The molecule has 6 nitrogen and oxygen atoms in total. The van der Waals surface area contributed by atoms with Gasteiger partial charge >= 0.3 is 5.97 Å². The molecule has 0 spiro atoms. The summed E-state index contributed by atoms with van der Waals surface area (Å²) in [5.74, 6) is -0.692. The second-order valence-electron chi connectivity index (χ2n) is 5.95. The summed E-state index contributed by atoms with van der Waals surface area (Å²) in [7, 11) is 0. The molecule has 0 bridgehead atoms. The molecule has 0 saturated heterocycles. The van der Waals surface area contributed by atoms with Crippen LogP contribution in [0.25, 0.3) is 0 Å². The number of esters is 1. The third-order valence-electron chi connectivity index (χ3n) is 3.49. The lowest BCUT2D eigenvalue weighted by Gasteiger charge is -2.09. The maximum absolute atomic E-state index is 11.9. The second kappa shape index (κ2) is 8.80. The largest absolute Gasteiger partial charge is 0.482 e. The van der Waals surface area contributed by atoms with Crippen LogP contribution in [0.4, 0.5) is 5.69 Å². The molecule has 6 heteroatoms. The molecule has 1 N–H and O–H groups in total. The third kappa shape index (κ3) is 6.05. The van der Waals surface area contributed by atoms with Crippen LogP contribution in [0.2, 0.25) is 0 Å². The van der Waals surface area contributed by atoms with Crippen LogP contribution in [0, 0.1) is 13.8 Å². The van der Waals surface area contributed by atoms with Crippen molar-refractivity contribution in [3.05, 3.63) is 59.2 Å². The van der Waals surface area contributed by atoms with E-state index in [-0.39, 0.29) is 12.4 Å². The summed E-state index contributed by atoms with van der Waals surface area (Å²) in [6, 6.07) is 12.1. The third-order valence-corrected chi connectivity index (χ3v) is 3.49. The Morgan fingerprint density at radius 1 is 0.923 bits per heavy atom. The maximum Gasteiger partial charge on any atom is 0.344 e. The molecule has 0 fully saturated rings. The number of ether oxygens (including phenoxy) is 2. The zero-order chi connectivity index (χ0) is 19.1. The normalized spacial score (nSPS) is 10.1. The van der Waals surface area contributed by atoms with Crippen molar-refractivity contribution in [2.45, 2.75) is 20.8 Å². The highest BCUT2D eigenvalue weighted by Crippen LogP contribution is 2.14. The molecule has 0 unspecified atom stereocenters. The van der Waals surface area contributed by atoms with Crippen molar-refractivity contribution >= 4 is 23.3 Å². The zero-order valence-corrected chi connectivity index (χ0v) is 15.0. The minimum Gasteiger partial charge on any atom is -0.482 e. The van der Waals surface area contributed by atoms with Gasteiger partial charge in [-0.25, -0.2) is 4.79 Å². The summed E-state index contributed by atoms with van der Waals surface area (Å²) in [6.07, 6.45) is 0. The molecule has 26 heavy (non-hydrogen) atoms. The van der Waals surface area contributed by atoms with Crippen molar-refractivity contribution < 1.29 is 23.9 Å².